The van der Waals surface area contributed by atoms with Crippen LogP contribution in [-0.2, 0) is 9.53 Å². The number of allylic oxidation sites excluding steroid dienone is 2. The van der Waals surface area contributed by atoms with Crippen LogP contribution in [0.15, 0.2) is 29.3 Å². The molecule has 2 fully saturated rings. The molecule has 4 rings (SSSR count). The molecule has 3 aliphatic rings. The second-order valence-corrected chi connectivity index (χ2v) is 7.57. The minimum absolute atomic E-state index is 0.0168. The highest BCUT2D eigenvalue weighted by Crippen LogP contribution is 2.50. The lowest BCUT2D eigenvalue weighted by molar-refractivity contribution is -0.142. The number of fused-ring (bicyclic) bond motifs is 2. The van der Waals surface area contributed by atoms with Crippen molar-refractivity contribution in [2.45, 2.75) is 38.7 Å². The van der Waals surface area contributed by atoms with Crippen LogP contribution < -0.4 is 0 Å². The Kier molecular flexibility index (Phi) is 3.65. The predicted molar refractivity (Wildman–Crippen MR) is 87.2 cm³/mol. The van der Waals surface area contributed by atoms with Crippen LogP contribution in [0.5, 0.6) is 0 Å². The Morgan fingerprint density at radius 3 is 3.14 bits per heavy atom. The number of carbonyl (C=O) groups excluding carboxylic acids is 1. The van der Waals surface area contributed by atoms with Crippen LogP contribution in [0.2, 0.25) is 0 Å². The molecule has 0 amide bonds. The Hall–Kier alpha value is -1.42. The van der Waals surface area contributed by atoms with Gasteiger partial charge in [0.25, 0.3) is 0 Å². The predicted octanol–water partition coefficient (Wildman–Crippen LogP) is 4.08. The number of esters is 1. The van der Waals surface area contributed by atoms with Crippen LogP contribution in [-0.4, -0.2) is 17.1 Å². The van der Waals surface area contributed by atoms with E-state index < -0.39 is 0 Å². The van der Waals surface area contributed by atoms with Gasteiger partial charge in [-0.1, -0.05) is 24.1 Å². The third-order valence-electron chi connectivity index (χ3n) is 5.45. The Balaban J connectivity index is 1.69. The fourth-order valence-electron chi connectivity index (χ4n) is 4.50. The molecule has 2 aliphatic carbocycles. The number of ether oxygens (including phenoxy) is 1. The monoisotopic (exact) mass is 315 g/mol. The molecule has 0 N–H and O–H groups in total. The number of cyclic esters (lactones) is 1. The molecule has 0 radical (unpaired) electrons. The Bertz CT molecular complexity index is 619. The van der Waals surface area contributed by atoms with Crippen molar-refractivity contribution in [3.8, 4) is 0 Å². The molecular formula is C18H21NO2S. The number of hydrogen-bond donors (Lipinski definition) is 0. The van der Waals surface area contributed by atoms with Crippen molar-refractivity contribution in [3.63, 3.8) is 0 Å². The SMILES string of the molecule is C[C@H]1OC(=O)[C@@H]2C=C3CCCC[C@H]3[C@H](/C=C/c3nccs3)[C@H]12. The number of rotatable bonds is 2. The molecule has 0 spiro atoms. The summed E-state index contributed by atoms with van der Waals surface area (Å²) in [5.41, 5.74) is 1.49. The van der Waals surface area contributed by atoms with Crippen molar-refractivity contribution in [2.24, 2.45) is 23.7 Å². The van der Waals surface area contributed by atoms with Gasteiger partial charge in [-0.3, -0.25) is 4.79 Å². The number of thiazole rings is 1. The van der Waals surface area contributed by atoms with Gasteiger partial charge in [0.1, 0.15) is 11.1 Å². The number of aromatic nitrogens is 1. The van der Waals surface area contributed by atoms with Crippen molar-refractivity contribution in [1.82, 2.24) is 4.98 Å². The zero-order chi connectivity index (χ0) is 15.1. The summed E-state index contributed by atoms with van der Waals surface area (Å²) in [4.78, 5) is 16.5. The molecule has 5 atom stereocenters. The average Bonchev–Trinajstić information content (AvgIpc) is 3.13. The molecule has 1 aliphatic heterocycles. The fraction of sp³-hybridized carbons (Fsp3) is 0.556. The first-order valence-corrected chi connectivity index (χ1v) is 9.11. The van der Waals surface area contributed by atoms with E-state index in [1.807, 2.05) is 11.6 Å². The molecule has 0 aromatic carbocycles. The summed E-state index contributed by atoms with van der Waals surface area (Å²) in [5, 5.41) is 3.04. The summed E-state index contributed by atoms with van der Waals surface area (Å²) in [6.45, 7) is 2.05. The van der Waals surface area contributed by atoms with Gasteiger partial charge in [-0.2, -0.15) is 0 Å². The standard InChI is InChI=1S/C18H21NO2S/c1-11-17-14(6-7-16-19-8-9-22-16)13-5-3-2-4-12(13)10-15(17)18(20)21-11/h6-11,13-15,17H,2-5H2,1H3/b7-6+/t11-,13-,14+,15-,17+/m1/s1. The van der Waals surface area contributed by atoms with Crippen LogP contribution in [0.1, 0.15) is 37.6 Å². The highest BCUT2D eigenvalue weighted by Gasteiger charge is 2.50. The van der Waals surface area contributed by atoms with Gasteiger partial charge in [-0.15, -0.1) is 11.3 Å². The Morgan fingerprint density at radius 2 is 2.32 bits per heavy atom. The molecule has 0 bridgehead atoms. The largest absolute Gasteiger partial charge is 0.462 e. The van der Waals surface area contributed by atoms with E-state index in [1.165, 1.54) is 24.8 Å². The first-order valence-electron chi connectivity index (χ1n) is 8.23. The van der Waals surface area contributed by atoms with Crippen LogP contribution in [0.4, 0.5) is 0 Å². The molecule has 1 saturated heterocycles. The second kappa shape index (κ2) is 5.65. The van der Waals surface area contributed by atoms with E-state index in [9.17, 15) is 4.79 Å². The van der Waals surface area contributed by atoms with E-state index in [0.29, 0.717) is 11.8 Å². The lowest BCUT2D eigenvalue weighted by Gasteiger charge is -2.40. The third kappa shape index (κ3) is 2.34. The van der Waals surface area contributed by atoms with Crippen molar-refractivity contribution in [1.29, 1.82) is 0 Å². The number of carbonyl (C=O) groups is 1. The minimum atomic E-state index is -0.0368. The first kappa shape index (κ1) is 14.2. The third-order valence-corrected chi connectivity index (χ3v) is 6.19. The van der Waals surface area contributed by atoms with Crippen LogP contribution >= 0.6 is 11.3 Å². The number of hydrogen-bond acceptors (Lipinski definition) is 4. The molecule has 22 heavy (non-hydrogen) atoms. The van der Waals surface area contributed by atoms with Gasteiger partial charge in [0.15, 0.2) is 0 Å². The first-order chi connectivity index (χ1) is 10.7. The second-order valence-electron chi connectivity index (χ2n) is 6.65. The summed E-state index contributed by atoms with van der Waals surface area (Å²) in [6.07, 6.45) is 13.5. The van der Waals surface area contributed by atoms with E-state index in [1.54, 1.807) is 11.3 Å². The Morgan fingerprint density at radius 1 is 1.41 bits per heavy atom. The summed E-state index contributed by atoms with van der Waals surface area (Å²) in [6, 6.07) is 0. The summed E-state index contributed by atoms with van der Waals surface area (Å²) in [7, 11) is 0. The number of nitrogens with zero attached hydrogens (tertiary/aromatic N) is 1. The molecule has 2 heterocycles. The topological polar surface area (TPSA) is 39.2 Å². The highest BCUT2D eigenvalue weighted by atomic mass is 32.1. The van der Waals surface area contributed by atoms with Gasteiger partial charge >= 0.3 is 5.97 Å². The summed E-state index contributed by atoms with van der Waals surface area (Å²) >= 11 is 1.66. The van der Waals surface area contributed by atoms with E-state index in [4.69, 9.17) is 4.74 Å². The normalized spacial score (nSPS) is 37.6. The van der Waals surface area contributed by atoms with Gasteiger partial charge in [-0.05, 0) is 44.1 Å². The smallest absolute Gasteiger partial charge is 0.313 e. The maximum atomic E-state index is 12.2. The summed E-state index contributed by atoms with van der Waals surface area (Å²) in [5.74, 6) is 1.21. The Labute approximate surface area is 135 Å². The van der Waals surface area contributed by atoms with Crippen LogP contribution in [0, 0.1) is 23.7 Å². The van der Waals surface area contributed by atoms with Crippen LogP contribution in [0.25, 0.3) is 6.08 Å². The van der Waals surface area contributed by atoms with Crippen molar-refractivity contribution in [3.05, 3.63) is 34.3 Å². The quantitative estimate of drug-likeness (QED) is 0.610. The fourth-order valence-corrected chi connectivity index (χ4v) is 5.04. The van der Waals surface area contributed by atoms with E-state index >= 15 is 0 Å². The average molecular weight is 315 g/mol. The lowest BCUT2D eigenvalue weighted by Crippen LogP contribution is -2.37. The van der Waals surface area contributed by atoms with Crippen molar-refractivity contribution >= 4 is 23.4 Å². The maximum Gasteiger partial charge on any atom is 0.313 e. The van der Waals surface area contributed by atoms with E-state index in [2.05, 4.69) is 30.1 Å². The van der Waals surface area contributed by atoms with Crippen LogP contribution in [0.3, 0.4) is 0 Å². The highest BCUT2D eigenvalue weighted by molar-refractivity contribution is 7.10. The minimum Gasteiger partial charge on any atom is -0.462 e. The van der Waals surface area contributed by atoms with E-state index in [-0.39, 0.29) is 23.9 Å². The summed E-state index contributed by atoms with van der Waals surface area (Å²) < 4.78 is 5.55. The molecule has 116 valence electrons. The van der Waals surface area contributed by atoms with Crippen molar-refractivity contribution in [2.75, 3.05) is 0 Å². The molecule has 1 saturated carbocycles. The maximum absolute atomic E-state index is 12.2. The molecule has 3 nitrogen and oxygen atoms in total. The zero-order valence-electron chi connectivity index (χ0n) is 12.8. The van der Waals surface area contributed by atoms with Gasteiger partial charge in [0, 0.05) is 17.5 Å². The van der Waals surface area contributed by atoms with E-state index in [0.717, 1.165) is 11.4 Å². The molecule has 1 aromatic rings. The molecular weight excluding hydrogens is 294 g/mol. The molecule has 1 aromatic heterocycles. The zero-order valence-corrected chi connectivity index (χ0v) is 13.6. The van der Waals surface area contributed by atoms with Gasteiger partial charge in [0.2, 0.25) is 0 Å². The van der Waals surface area contributed by atoms with Crippen molar-refractivity contribution < 1.29 is 9.53 Å². The van der Waals surface area contributed by atoms with Gasteiger partial charge in [0.05, 0.1) is 5.92 Å². The van der Waals surface area contributed by atoms with Gasteiger partial charge < -0.3 is 4.74 Å². The molecule has 4 heteroatoms. The van der Waals surface area contributed by atoms with Gasteiger partial charge in [-0.25, -0.2) is 4.98 Å². The lowest BCUT2D eigenvalue weighted by atomic mass is 9.62. The molecule has 0 unspecified atom stereocenters.